The zero-order chi connectivity index (χ0) is 22.1. The molecule has 9 heteroatoms. The Bertz CT molecular complexity index is 864. The van der Waals surface area contributed by atoms with Crippen molar-refractivity contribution in [2.24, 2.45) is 5.92 Å². The molecule has 6 nitrogen and oxygen atoms in total. The van der Waals surface area contributed by atoms with Crippen LogP contribution in [0.4, 0.5) is 4.39 Å². The molecular weight excluding hydrogens is 429 g/mol. The Labute approximate surface area is 184 Å². The number of rotatable bonds is 5. The van der Waals surface area contributed by atoms with Gasteiger partial charge in [0.2, 0.25) is 15.9 Å². The van der Waals surface area contributed by atoms with E-state index in [1.807, 2.05) is 4.90 Å². The molecule has 1 aliphatic heterocycles. The van der Waals surface area contributed by atoms with Crippen molar-refractivity contribution in [3.63, 3.8) is 0 Å². The summed E-state index contributed by atoms with van der Waals surface area (Å²) in [5.41, 5.74) is 0. The number of carbonyl (C=O) groups is 1. The van der Waals surface area contributed by atoms with E-state index in [-0.39, 0.29) is 27.8 Å². The number of sulfonamides is 1. The van der Waals surface area contributed by atoms with Crippen LogP contribution in [0.2, 0.25) is 5.02 Å². The van der Waals surface area contributed by atoms with Gasteiger partial charge in [0.15, 0.2) is 0 Å². The van der Waals surface area contributed by atoms with E-state index in [0.29, 0.717) is 31.7 Å². The zero-order valence-corrected chi connectivity index (χ0v) is 19.4. The van der Waals surface area contributed by atoms with Gasteiger partial charge in [-0.05, 0) is 57.7 Å². The molecule has 2 fully saturated rings. The first-order valence-electron chi connectivity index (χ1n) is 10.6. The van der Waals surface area contributed by atoms with Crippen LogP contribution in [-0.2, 0) is 14.8 Å². The molecular formula is C21H31ClFN3O3S. The van der Waals surface area contributed by atoms with E-state index in [2.05, 4.69) is 18.7 Å². The molecule has 1 saturated heterocycles. The van der Waals surface area contributed by atoms with Crippen molar-refractivity contribution in [1.29, 1.82) is 0 Å². The largest absolute Gasteiger partial charge is 0.340 e. The van der Waals surface area contributed by atoms with Crippen molar-refractivity contribution >= 4 is 27.5 Å². The number of hydrogen-bond donors (Lipinski definition) is 0. The fourth-order valence-corrected chi connectivity index (χ4v) is 6.09. The number of carbonyl (C=O) groups excluding carboxylic acids is 1. The number of halogens is 2. The number of benzene rings is 1. The molecule has 1 aromatic carbocycles. The average molecular weight is 460 g/mol. The lowest BCUT2D eigenvalue weighted by Crippen LogP contribution is -2.52. The molecule has 1 aliphatic carbocycles. The van der Waals surface area contributed by atoms with E-state index < -0.39 is 15.8 Å². The van der Waals surface area contributed by atoms with Crippen molar-refractivity contribution < 1.29 is 17.6 Å². The predicted molar refractivity (Wildman–Crippen MR) is 115 cm³/mol. The summed E-state index contributed by atoms with van der Waals surface area (Å²) in [6.45, 7) is 7.67. The monoisotopic (exact) mass is 459 g/mol. The smallest absolute Gasteiger partial charge is 0.243 e. The van der Waals surface area contributed by atoms with Gasteiger partial charge in [0, 0.05) is 51.2 Å². The summed E-state index contributed by atoms with van der Waals surface area (Å²) < 4.78 is 40.6. The van der Waals surface area contributed by atoms with Gasteiger partial charge >= 0.3 is 0 Å². The van der Waals surface area contributed by atoms with Crippen LogP contribution in [0, 0.1) is 11.7 Å². The number of hydrogen-bond acceptors (Lipinski definition) is 4. The molecule has 30 heavy (non-hydrogen) atoms. The second kappa shape index (κ2) is 9.51. The molecule has 2 aliphatic rings. The molecule has 0 aromatic heterocycles. The molecule has 3 rings (SSSR count). The highest BCUT2D eigenvalue weighted by atomic mass is 35.5. The summed E-state index contributed by atoms with van der Waals surface area (Å²) in [6.07, 6.45) is 2.62. The summed E-state index contributed by atoms with van der Waals surface area (Å²) in [6, 6.07) is 3.76. The summed E-state index contributed by atoms with van der Waals surface area (Å²) in [4.78, 5) is 17.2. The molecule has 0 atom stereocenters. The van der Waals surface area contributed by atoms with Crippen molar-refractivity contribution in [2.75, 3.05) is 33.2 Å². The maximum atomic E-state index is 13.4. The Morgan fingerprint density at radius 2 is 1.73 bits per heavy atom. The second-order valence-corrected chi connectivity index (χ2v) is 11.0. The molecule has 0 bridgehead atoms. The topological polar surface area (TPSA) is 60.9 Å². The minimum atomic E-state index is -3.77. The quantitative estimate of drug-likeness (QED) is 0.678. The number of amides is 1. The fraction of sp³-hybridized carbons (Fsp3) is 0.667. The first kappa shape index (κ1) is 23.4. The zero-order valence-electron chi connectivity index (χ0n) is 17.9. The fourth-order valence-electron chi connectivity index (χ4n) is 4.40. The summed E-state index contributed by atoms with van der Waals surface area (Å²) in [7, 11) is -2.22. The normalized spacial score (nSPS) is 23.9. The van der Waals surface area contributed by atoms with Crippen LogP contribution in [0.15, 0.2) is 23.1 Å². The van der Waals surface area contributed by atoms with Gasteiger partial charge in [-0.25, -0.2) is 12.8 Å². The predicted octanol–water partition coefficient (Wildman–Crippen LogP) is 3.21. The molecule has 1 aromatic rings. The lowest BCUT2D eigenvalue weighted by atomic mass is 9.85. The van der Waals surface area contributed by atoms with Crippen molar-refractivity contribution in [3.05, 3.63) is 29.0 Å². The minimum Gasteiger partial charge on any atom is -0.340 e. The molecule has 168 valence electrons. The number of nitrogens with zero attached hydrogens (tertiary/aromatic N) is 3. The summed E-state index contributed by atoms with van der Waals surface area (Å²) in [5, 5.41) is -0.212. The van der Waals surface area contributed by atoms with Gasteiger partial charge in [0.1, 0.15) is 5.82 Å². The van der Waals surface area contributed by atoms with Gasteiger partial charge < -0.3 is 4.90 Å². The number of piperazine rings is 1. The Kier molecular flexibility index (Phi) is 7.43. The third-order valence-electron chi connectivity index (χ3n) is 6.48. The van der Waals surface area contributed by atoms with Gasteiger partial charge in [-0.2, -0.15) is 4.31 Å². The second-order valence-electron chi connectivity index (χ2n) is 8.56. The van der Waals surface area contributed by atoms with Crippen LogP contribution in [-0.4, -0.2) is 73.7 Å². The van der Waals surface area contributed by atoms with Crippen LogP contribution in [0.3, 0.4) is 0 Å². The van der Waals surface area contributed by atoms with Gasteiger partial charge in [-0.1, -0.05) is 11.6 Å². The minimum absolute atomic E-state index is 0.0161. The third kappa shape index (κ3) is 4.98. The molecule has 1 saturated carbocycles. The van der Waals surface area contributed by atoms with E-state index in [0.717, 1.165) is 38.3 Å². The van der Waals surface area contributed by atoms with Gasteiger partial charge in [0.25, 0.3) is 0 Å². The van der Waals surface area contributed by atoms with E-state index in [4.69, 9.17) is 11.6 Å². The van der Waals surface area contributed by atoms with E-state index >= 15 is 0 Å². The van der Waals surface area contributed by atoms with Crippen LogP contribution < -0.4 is 0 Å². The van der Waals surface area contributed by atoms with E-state index in [9.17, 15) is 17.6 Å². The van der Waals surface area contributed by atoms with Crippen molar-refractivity contribution in [3.8, 4) is 0 Å². The van der Waals surface area contributed by atoms with Gasteiger partial charge in [-0.15, -0.1) is 0 Å². The Morgan fingerprint density at radius 1 is 1.13 bits per heavy atom. The van der Waals surface area contributed by atoms with Crippen LogP contribution in [0.1, 0.15) is 39.5 Å². The maximum absolute atomic E-state index is 13.4. The Morgan fingerprint density at radius 3 is 2.27 bits per heavy atom. The van der Waals surface area contributed by atoms with Crippen molar-refractivity contribution in [1.82, 2.24) is 14.1 Å². The lowest BCUT2D eigenvalue weighted by Gasteiger charge is -2.40. The van der Waals surface area contributed by atoms with Gasteiger partial charge in [-0.3, -0.25) is 9.69 Å². The van der Waals surface area contributed by atoms with Crippen LogP contribution in [0.5, 0.6) is 0 Å². The highest BCUT2D eigenvalue weighted by molar-refractivity contribution is 7.89. The van der Waals surface area contributed by atoms with Crippen LogP contribution >= 0.6 is 11.6 Å². The summed E-state index contributed by atoms with van der Waals surface area (Å²) in [5.74, 6) is -0.484. The first-order chi connectivity index (χ1) is 14.1. The molecule has 0 radical (unpaired) electrons. The highest BCUT2D eigenvalue weighted by Crippen LogP contribution is 2.32. The summed E-state index contributed by atoms with van der Waals surface area (Å²) >= 11 is 5.76. The van der Waals surface area contributed by atoms with E-state index in [1.165, 1.54) is 10.4 Å². The van der Waals surface area contributed by atoms with Crippen LogP contribution in [0.25, 0.3) is 0 Å². The highest BCUT2D eigenvalue weighted by Gasteiger charge is 2.35. The molecule has 0 unspecified atom stereocenters. The molecule has 1 heterocycles. The van der Waals surface area contributed by atoms with E-state index in [1.54, 1.807) is 7.05 Å². The maximum Gasteiger partial charge on any atom is 0.243 e. The standard InChI is InChI=1S/C21H31ClFN3O3S/c1-15(2)25-10-12-26(13-11-25)21(27)16-4-6-17(7-5-16)24(3)30(28,29)18-8-9-20(23)19(22)14-18/h8-9,14-17H,4-7,10-13H2,1-3H3/t16-,17-. The SMILES string of the molecule is CC(C)N1CCN(C(=O)[C@H]2CC[C@H](N(C)S(=O)(=O)c3ccc(F)c(Cl)c3)CC2)CC1. The molecule has 0 spiro atoms. The Balaban J connectivity index is 1.57. The van der Waals surface area contributed by atoms with Gasteiger partial charge in [0.05, 0.1) is 9.92 Å². The molecule has 0 N–H and O–H groups in total. The molecule has 1 amide bonds. The Hall–Kier alpha value is -1.22. The van der Waals surface area contributed by atoms with Crippen molar-refractivity contribution in [2.45, 2.75) is 56.5 Å². The average Bonchev–Trinajstić information content (AvgIpc) is 2.74. The first-order valence-corrected chi connectivity index (χ1v) is 12.4. The third-order valence-corrected chi connectivity index (χ3v) is 8.68. The lowest BCUT2D eigenvalue weighted by molar-refractivity contribution is -0.138.